The summed E-state index contributed by atoms with van der Waals surface area (Å²) in [6, 6.07) is 5.66. The van der Waals surface area contributed by atoms with Gasteiger partial charge >= 0.3 is 6.09 Å². The lowest BCUT2D eigenvalue weighted by molar-refractivity contribution is 0.156. The van der Waals surface area contributed by atoms with E-state index in [1.165, 1.54) is 0 Å². The third kappa shape index (κ3) is 4.72. The van der Waals surface area contributed by atoms with Gasteiger partial charge in [0.05, 0.1) is 10.0 Å². The molecule has 1 amide bonds. The fourth-order valence-corrected chi connectivity index (χ4v) is 1.92. The molecule has 1 rings (SSSR count). The van der Waals surface area contributed by atoms with E-state index in [2.05, 4.69) is 17.0 Å². The van der Waals surface area contributed by atoms with Crippen LogP contribution in [0.1, 0.15) is 24.9 Å². The first-order valence-corrected chi connectivity index (χ1v) is 6.40. The van der Waals surface area contributed by atoms with Gasteiger partial charge in [-0.3, -0.25) is 0 Å². The van der Waals surface area contributed by atoms with Crippen LogP contribution in [0.3, 0.4) is 0 Å². The summed E-state index contributed by atoms with van der Waals surface area (Å²) in [6.07, 6.45) is 0.119. The van der Waals surface area contributed by atoms with Crippen LogP contribution >= 0.6 is 23.2 Å². The maximum Gasteiger partial charge on any atom is 0.404 e. The maximum atomic E-state index is 10.4. The molecule has 6 heteroatoms. The van der Waals surface area contributed by atoms with Gasteiger partial charge in [-0.1, -0.05) is 36.2 Å². The van der Waals surface area contributed by atoms with Crippen LogP contribution in [-0.2, 0) is 4.74 Å². The maximum absolute atomic E-state index is 10.4. The largest absolute Gasteiger partial charge is 0.448 e. The molecule has 0 saturated heterocycles. The van der Waals surface area contributed by atoms with E-state index in [4.69, 9.17) is 28.9 Å². The molecule has 0 fully saturated rings. The van der Waals surface area contributed by atoms with Crippen molar-refractivity contribution in [1.29, 1.82) is 0 Å². The average Bonchev–Trinajstić information content (AvgIpc) is 2.33. The van der Waals surface area contributed by atoms with Crippen molar-refractivity contribution in [3.63, 3.8) is 0 Å². The number of halogens is 2. The second kappa shape index (κ2) is 7.46. The molecule has 1 unspecified atom stereocenters. The van der Waals surface area contributed by atoms with Gasteiger partial charge in [-0.25, -0.2) is 4.79 Å². The Morgan fingerprint density at radius 2 is 2.17 bits per heavy atom. The quantitative estimate of drug-likeness (QED) is 0.791. The van der Waals surface area contributed by atoms with Crippen LogP contribution in [0, 0.1) is 0 Å². The first kappa shape index (κ1) is 15.1. The minimum Gasteiger partial charge on any atom is -0.448 e. The van der Waals surface area contributed by atoms with Crippen LogP contribution in [-0.4, -0.2) is 19.2 Å². The lowest BCUT2D eigenvalue weighted by atomic mass is 10.0. The van der Waals surface area contributed by atoms with Crippen LogP contribution in [0.15, 0.2) is 18.2 Å². The third-order valence-corrected chi connectivity index (χ3v) is 3.23. The molecule has 0 heterocycles. The minimum absolute atomic E-state index is 0.135. The second-order valence-electron chi connectivity index (χ2n) is 3.76. The number of hydrogen-bond donors (Lipinski definition) is 2. The van der Waals surface area contributed by atoms with Gasteiger partial charge in [0.15, 0.2) is 0 Å². The Hall–Kier alpha value is -0.970. The van der Waals surface area contributed by atoms with Crippen molar-refractivity contribution in [3.8, 4) is 0 Å². The molecule has 18 heavy (non-hydrogen) atoms. The van der Waals surface area contributed by atoms with Gasteiger partial charge in [0.25, 0.3) is 0 Å². The molecule has 0 aliphatic rings. The molecule has 0 bridgehead atoms. The van der Waals surface area contributed by atoms with Gasteiger partial charge in [-0.15, -0.1) is 0 Å². The van der Waals surface area contributed by atoms with Crippen molar-refractivity contribution in [2.75, 3.05) is 13.2 Å². The molecule has 0 aromatic heterocycles. The lowest BCUT2D eigenvalue weighted by Gasteiger charge is -2.17. The van der Waals surface area contributed by atoms with Gasteiger partial charge in [0, 0.05) is 12.6 Å². The van der Waals surface area contributed by atoms with Crippen LogP contribution in [0.25, 0.3) is 0 Å². The molecule has 0 radical (unpaired) electrons. The summed E-state index contributed by atoms with van der Waals surface area (Å²) < 4.78 is 4.64. The number of amides is 1. The molecule has 1 aromatic rings. The van der Waals surface area contributed by atoms with Crippen molar-refractivity contribution < 1.29 is 9.53 Å². The molecular formula is C12H16Cl2N2O2. The number of carbonyl (C=O) groups is 1. The molecule has 100 valence electrons. The molecule has 3 N–H and O–H groups in total. The van der Waals surface area contributed by atoms with Crippen molar-refractivity contribution in [1.82, 2.24) is 5.32 Å². The highest BCUT2D eigenvalue weighted by Crippen LogP contribution is 2.26. The van der Waals surface area contributed by atoms with Gasteiger partial charge in [-0.05, 0) is 24.1 Å². The Balaban J connectivity index is 2.54. The standard InChI is InChI=1S/C12H16Cl2N2O2/c1-2-11(16-5-6-18-12(15)17)8-3-4-9(13)10(14)7-8/h3-4,7,11,16H,2,5-6H2,1H3,(H2,15,17). The molecule has 0 aliphatic carbocycles. The zero-order chi connectivity index (χ0) is 13.5. The van der Waals surface area contributed by atoms with Crippen molar-refractivity contribution in [2.45, 2.75) is 19.4 Å². The molecule has 1 aromatic carbocycles. The molecular weight excluding hydrogens is 275 g/mol. The van der Waals surface area contributed by atoms with Crippen molar-refractivity contribution in [3.05, 3.63) is 33.8 Å². The summed E-state index contributed by atoms with van der Waals surface area (Å²) in [5.41, 5.74) is 5.92. The fourth-order valence-electron chi connectivity index (χ4n) is 1.61. The van der Waals surface area contributed by atoms with E-state index in [-0.39, 0.29) is 12.6 Å². The highest BCUT2D eigenvalue weighted by molar-refractivity contribution is 6.42. The van der Waals surface area contributed by atoms with Gasteiger partial charge in [0.2, 0.25) is 0 Å². The number of nitrogens with two attached hydrogens (primary N) is 1. The van der Waals surface area contributed by atoms with Crippen molar-refractivity contribution in [2.24, 2.45) is 5.73 Å². The summed E-state index contributed by atoms with van der Waals surface area (Å²) in [5, 5.41) is 4.32. The second-order valence-corrected chi connectivity index (χ2v) is 4.57. The summed E-state index contributed by atoms with van der Waals surface area (Å²) in [6.45, 7) is 2.82. The minimum atomic E-state index is -0.764. The number of ether oxygens (including phenoxy) is 1. The molecule has 1 atom stereocenters. The van der Waals surface area contributed by atoms with E-state index in [0.717, 1.165) is 12.0 Å². The molecule has 0 saturated carbocycles. The van der Waals surface area contributed by atoms with E-state index >= 15 is 0 Å². The van der Waals surface area contributed by atoms with E-state index < -0.39 is 6.09 Å². The van der Waals surface area contributed by atoms with E-state index in [1.54, 1.807) is 6.07 Å². The van der Waals surface area contributed by atoms with Crippen LogP contribution < -0.4 is 11.1 Å². The average molecular weight is 291 g/mol. The van der Waals surface area contributed by atoms with Gasteiger partial charge < -0.3 is 15.8 Å². The van der Waals surface area contributed by atoms with Crippen LogP contribution in [0.4, 0.5) is 4.79 Å². The Morgan fingerprint density at radius 1 is 1.44 bits per heavy atom. The Kier molecular flexibility index (Phi) is 6.25. The SMILES string of the molecule is CCC(NCCOC(N)=O)c1ccc(Cl)c(Cl)c1. The first-order chi connectivity index (χ1) is 8.54. The smallest absolute Gasteiger partial charge is 0.404 e. The number of carbonyl (C=O) groups excluding carboxylic acids is 1. The number of primary amides is 1. The summed E-state index contributed by atoms with van der Waals surface area (Å²) in [4.78, 5) is 10.4. The molecule has 0 spiro atoms. The molecule has 0 aliphatic heterocycles. The Labute approximate surface area is 116 Å². The van der Waals surface area contributed by atoms with Gasteiger partial charge in [0.1, 0.15) is 6.61 Å². The zero-order valence-corrected chi connectivity index (χ0v) is 11.6. The fraction of sp³-hybridized carbons (Fsp3) is 0.417. The number of benzene rings is 1. The van der Waals surface area contributed by atoms with E-state index in [1.807, 2.05) is 12.1 Å². The summed E-state index contributed by atoms with van der Waals surface area (Å²) in [5.74, 6) is 0. The van der Waals surface area contributed by atoms with Crippen LogP contribution in [0.2, 0.25) is 10.0 Å². The normalized spacial score (nSPS) is 12.2. The predicted molar refractivity (Wildman–Crippen MR) is 73.0 cm³/mol. The topological polar surface area (TPSA) is 64.3 Å². The number of hydrogen-bond acceptors (Lipinski definition) is 3. The van der Waals surface area contributed by atoms with E-state index in [0.29, 0.717) is 16.6 Å². The highest BCUT2D eigenvalue weighted by Gasteiger charge is 2.10. The monoisotopic (exact) mass is 290 g/mol. The van der Waals surface area contributed by atoms with Crippen molar-refractivity contribution >= 4 is 29.3 Å². The summed E-state index contributed by atoms with van der Waals surface area (Å²) in [7, 11) is 0. The Morgan fingerprint density at radius 3 is 2.72 bits per heavy atom. The van der Waals surface area contributed by atoms with E-state index in [9.17, 15) is 4.79 Å². The Bertz CT molecular complexity index is 413. The first-order valence-electron chi connectivity index (χ1n) is 5.65. The molecule has 4 nitrogen and oxygen atoms in total. The summed E-state index contributed by atoms with van der Waals surface area (Å²) >= 11 is 11.8. The van der Waals surface area contributed by atoms with Gasteiger partial charge in [-0.2, -0.15) is 0 Å². The highest BCUT2D eigenvalue weighted by atomic mass is 35.5. The number of rotatable bonds is 6. The van der Waals surface area contributed by atoms with Crippen LogP contribution in [0.5, 0.6) is 0 Å². The number of nitrogens with one attached hydrogen (secondary N) is 1. The third-order valence-electron chi connectivity index (χ3n) is 2.49. The lowest BCUT2D eigenvalue weighted by Crippen LogP contribution is -2.27. The predicted octanol–water partition coefficient (Wildman–Crippen LogP) is 3.13. The zero-order valence-electron chi connectivity index (χ0n) is 10.1.